The van der Waals surface area contributed by atoms with E-state index in [1.54, 1.807) is 63.4 Å². The van der Waals surface area contributed by atoms with E-state index in [0.717, 1.165) is 6.26 Å². The Kier molecular flexibility index (Phi) is 12.0. The minimum atomic E-state index is -4.36. The van der Waals surface area contributed by atoms with Gasteiger partial charge in [-0.1, -0.05) is 65.0 Å². The van der Waals surface area contributed by atoms with Crippen LogP contribution in [0.25, 0.3) is 0 Å². The molecule has 2 aromatic rings. The Balaban J connectivity index is 1.84. The van der Waals surface area contributed by atoms with Crippen LogP contribution in [-0.4, -0.2) is 105 Å². The number of ketones is 2. The predicted molar refractivity (Wildman–Crippen MR) is 209 cm³/mol. The maximum atomic E-state index is 15.9. The zero-order valence-corrected chi connectivity index (χ0v) is 35.8. The van der Waals surface area contributed by atoms with Crippen LogP contribution in [-0.2, 0) is 44.4 Å². The minimum absolute atomic E-state index is 0.0471. The quantitative estimate of drug-likeness (QED) is 0.162. The molecule has 13 nitrogen and oxygen atoms in total. The molecule has 3 saturated carbocycles. The lowest BCUT2D eigenvalue weighted by molar-refractivity contribution is -0.287. The maximum Gasteiger partial charge on any atom is 0.338 e. The summed E-state index contributed by atoms with van der Waals surface area (Å²) in [6.07, 6.45) is -6.13. The summed E-state index contributed by atoms with van der Waals surface area (Å²) in [4.78, 5) is 44.6. The molecule has 15 heteroatoms. The Hall–Kier alpha value is -3.02. The minimum Gasteiger partial charge on any atom is -0.497 e. The number of ether oxygens (including phenoxy) is 3. The van der Waals surface area contributed by atoms with Crippen molar-refractivity contribution < 1.29 is 60.9 Å². The number of rotatable bonds is 11. The summed E-state index contributed by atoms with van der Waals surface area (Å²) >= 11 is 0. The van der Waals surface area contributed by atoms with Crippen LogP contribution in [0, 0.1) is 22.7 Å². The number of fused-ring (bicyclic) bond motifs is 3. The van der Waals surface area contributed by atoms with E-state index in [9.17, 15) is 33.3 Å². The molecule has 0 spiro atoms. The van der Waals surface area contributed by atoms with Gasteiger partial charge in [-0.2, -0.15) is 8.42 Å². The molecule has 2 aromatic carbocycles. The van der Waals surface area contributed by atoms with Crippen molar-refractivity contribution in [1.29, 1.82) is 0 Å². The van der Waals surface area contributed by atoms with E-state index in [-0.39, 0.29) is 25.0 Å². The number of hydrogen-bond donors (Lipinski definition) is 3. The maximum absolute atomic E-state index is 15.9. The number of carbonyl (C=O) groups is 3. The van der Waals surface area contributed by atoms with Crippen LogP contribution in [0.5, 0.6) is 5.75 Å². The highest BCUT2D eigenvalue weighted by Gasteiger charge is 2.77. The molecular formula is C41H58O13SSi. The first-order valence-corrected chi connectivity index (χ1v) is 23.7. The molecule has 56 heavy (non-hydrogen) atoms. The molecule has 3 fully saturated rings. The fourth-order valence-corrected chi connectivity index (χ4v) is 11.0. The molecular weight excluding hydrogens is 761 g/mol. The van der Waals surface area contributed by atoms with E-state index in [4.69, 9.17) is 22.8 Å². The van der Waals surface area contributed by atoms with Gasteiger partial charge in [0.2, 0.25) is 0 Å². The lowest BCUT2D eigenvalue weighted by atomic mass is 9.44. The smallest absolute Gasteiger partial charge is 0.338 e. The number of carbonyl (C=O) groups excluding carboxylic acids is 3. The molecule has 3 aliphatic carbocycles. The normalized spacial score (nSPS) is 33.5. The first kappa shape index (κ1) is 44.1. The second-order valence-electron chi connectivity index (χ2n) is 18.0. The van der Waals surface area contributed by atoms with Crippen LogP contribution >= 0.6 is 0 Å². The van der Waals surface area contributed by atoms with Crippen molar-refractivity contribution in [2.75, 3.05) is 20.0 Å². The number of Topliss-reactive ketones (excluding diaryl/α,β-unsaturated/α-hetero) is 2. The summed E-state index contributed by atoms with van der Waals surface area (Å²) in [6.45, 7) is 13.2. The van der Waals surface area contributed by atoms with Gasteiger partial charge in [0.1, 0.15) is 29.7 Å². The average Bonchev–Trinajstić information content (AvgIpc) is 3.12. The SMILES string of the molecule is COc1ccc(CO[C@H]2C(=O)[C@]3(C)[C@@H](O[Si](C)(C)C(C)(C)C)C[C@H](OS(C)(=O)=O)[C@@](O)(CO)[C@H]3[C@H](OC(=O)c3ccccc3)[C@@]3(O)C(=O)CC[C@@H]2C3(C)C)cc1. The second kappa shape index (κ2) is 15.3. The summed E-state index contributed by atoms with van der Waals surface area (Å²) < 4.78 is 56.6. The number of aliphatic hydroxyl groups excluding tert-OH is 1. The molecule has 0 heterocycles. The lowest BCUT2D eigenvalue weighted by Gasteiger charge is -2.65. The first-order valence-electron chi connectivity index (χ1n) is 19.0. The summed E-state index contributed by atoms with van der Waals surface area (Å²) in [5.74, 6) is -4.41. The Morgan fingerprint density at radius 1 is 0.964 bits per heavy atom. The lowest BCUT2D eigenvalue weighted by Crippen LogP contribution is -2.80. The molecule has 0 unspecified atom stereocenters. The van der Waals surface area contributed by atoms with Crippen molar-refractivity contribution in [2.45, 2.75) is 121 Å². The number of aliphatic hydroxyl groups is 3. The fourth-order valence-electron chi connectivity index (χ4n) is 8.96. The average molecular weight is 819 g/mol. The largest absolute Gasteiger partial charge is 0.497 e. The zero-order chi connectivity index (χ0) is 41.9. The molecule has 0 aliphatic heterocycles. The van der Waals surface area contributed by atoms with Gasteiger partial charge in [0.15, 0.2) is 25.5 Å². The fraction of sp³-hybridized carbons (Fsp3) is 0.634. The van der Waals surface area contributed by atoms with Crippen molar-refractivity contribution in [3.05, 3.63) is 65.7 Å². The third kappa shape index (κ3) is 7.54. The van der Waals surface area contributed by atoms with E-state index in [1.807, 2.05) is 33.9 Å². The standard InChI is InChI=1S/C41H58O13SSi/c1-37(2,3)56(9,10)54-30-22-31(53-55(8,48)49)40(46,24-42)33-35(52-36(45)26-14-12-11-13-15-26)41(47)29(43)21-20-28(38(41,4)5)32(34(44)39(30,33)6)51-23-25-16-18-27(50-7)19-17-25/h11-19,28,30-33,35,42,46-47H,20-24H2,1-10H3/t28-,30-,31-,32+,33-,35-,39+,40-,41-/m0/s1. The predicted octanol–water partition coefficient (Wildman–Crippen LogP) is 4.61. The topological polar surface area (TPSA) is 192 Å². The summed E-state index contributed by atoms with van der Waals surface area (Å²) in [5, 5.41) is 37.0. The van der Waals surface area contributed by atoms with Gasteiger partial charge < -0.3 is 34.0 Å². The monoisotopic (exact) mass is 818 g/mol. The highest BCUT2D eigenvalue weighted by molar-refractivity contribution is 7.86. The van der Waals surface area contributed by atoms with Gasteiger partial charge in [-0.15, -0.1) is 0 Å². The van der Waals surface area contributed by atoms with E-state index >= 15 is 4.79 Å². The Morgan fingerprint density at radius 2 is 1.57 bits per heavy atom. The number of benzene rings is 2. The number of esters is 1. The van der Waals surface area contributed by atoms with Gasteiger partial charge in [-0.25, -0.2) is 4.79 Å². The van der Waals surface area contributed by atoms with Gasteiger partial charge in [0, 0.05) is 30.1 Å². The van der Waals surface area contributed by atoms with Crippen LogP contribution in [0.2, 0.25) is 18.1 Å². The number of hydrogen-bond acceptors (Lipinski definition) is 13. The second-order valence-corrected chi connectivity index (χ2v) is 24.4. The molecule has 0 amide bonds. The number of methoxy groups -OCH3 is 1. The van der Waals surface area contributed by atoms with E-state index < -0.39 is 112 Å². The van der Waals surface area contributed by atoms with Gasteiger partial charge >= 0.3 is 5.97 Å². The highest BCUT2D eigenvalue weighted by atomic mass is 32.2. The van der Waals surface area contributed by atoms with Gasteiger partial charge in [-0.05, 0) is 61.3 Å². The third-order valence-electron chi connectivity index (χ3n) is 13.3. The van der Waals surface area contributed by atoms with E-state index in [1.165, 1.54) is 19.1 Å². The molecule has 9 atom stereocenters. The molecule has 0 radical (unpaired) electrons. The third-order valence-corrected chi connectivity index (χ3v) is 18.4. The van der Waals surface area contributed by atoms with Crippen LogP contribution in [0.15, 0.2) is 54.6 Å². The summed E-state index contributed by atoms with van der Waals surface area (Å²) in [5.41, 5.74) is -8.20. The summed E-state index contributed by atoms with van der Waals surface area (Å²) in [6, 6.07) is 14.9. The molecule has 5 rings (SSSR count). The first-order chi connectivity index (χ1) is 25.8. The Labute approximate surface area is 331 Å². The summed E-state index contributed by atoms with van der Waals surface area (Å²) in [7, 11) is -5.73. The van der Waals surface area contributed by atoms with Crippen molar-refractivity contribution in [1.82, 2.24) is 0 Å². The molecule has 2 bridgehead atoms. The van der Waals surface area contributed by atoms with E-state index in [2.05, 4.69) is 0 Å². The van der Waals surface area contributed by atoms with Gasteiger partial charge in [-0.3, -0.25) is 13.8 Å². The van der Waals surface area contributed by atoms with Gasteiger partial charge in [0.05, 0.1) is 43.7 Å². The van der Waals surface area contributed by atoms with Crippen LogP contribution in [0.3, 0.4) is 0 Å². The molecule has 3 N–H and O–H groups in total. The Bertz CT molecular complexity index is 1890. The molecule has 0 aromatic heterocycles. The van der Waals surface area contributed by atoms with Crippen LogP contribution < -0.4 is 4.74 Å². The van der Waals surface area contributed by atoms with Gasteiger partial charge in [0.25, 0.3) is 10.1 Å². The van der Waals surface area contributed by atoms with E-state index in [0.29, 0.717) is 11.3 Å². The van der Waals surface area contributed by atoms with Crippen LogP contribution in [0.1, 0.15) is 76.7 Å². The molecule has 310 valence electrons. The van der Waals surface area contributed by atoms with Crippen molar-refractivity contribution in [3.8, 4) is 5.75 Å². The van der Waals surface area contributed by atoms with Crippen molar-refractivity contribution in [3.63, 3.8) is 0 Å². The molecule has 3 aliphatic rings. The molecule has 0 saturated heterocycles. The Morgan fingerprint density at radius 3 is 2.11 bits per heavy atom. The zero-order valence-electron chi connectivity index (χ0n) is 34.0. The highest BCUT2D eigenvalue weighted by Crippen LogP contribution is 2.62. The van der Waals surface area contributed by atoms with Crippen molar-refractivity contribution in [2.24, 2.45) is 22.7 Å². The van der Waals surface area contributed by atoms with Crippen molar-refractivity contribution >= 4 is 36.0 Å². The van der Waals surface area contributed by atoms with Crippen LogP contribution in [0.4, 0.5) is 0 Å².